The van der Waals surface area contributed by atoms with Crippen LogP contribution >= 0.6 is 11.3 Å². The maximum Gasteiger partial charge on any atom is 0.162 e. The number of carbonyl (C=O) groups is 1. The van der Waals surface area contributed by atoms with Crippen LogP contribution in [0, 0.1) is 29.9 Å². The number of carbonyl (C=O) groups excluding carboxylic acids is 1. The van der Waals surface area contributed by atoms with Crippen LogP contribution in [0.5, 0.6) is 0 Å². The third-order valence-corrected chi connectivity index (χ3v) is 4.03. The van der Waals surface area contributed by atoms with Crippen molar-refractivity contribution >= 4 is 17.1 Å². The largest absolute Gasteiger partial charge is 0.298 e. The summed E-state index contributed by atoms with van der Waals surface area (Å²) in [5.74, 6) is -3.16. The van der Waals surface area contributed by atoms with E-state index in [0.717, 1.165) is 11.8 Å². The number of aromatic nitrogens is 1. The maximum atomic E-state index is 13.5. The molecule has 0 radical (unpaired) electrons. The molecule has 3 nitrogen and oxygen atoms in total. The molecule has 0 N–H and O–H groups in total. The van der Waals surface area contributed by atoms with Gasteiger partial charge in [-0.25, -0.2) is 13.8 Å². The third kappa shape index (κ3) is 3.50. The second kappa shape index (κ2) is 6.55. The fourth-order valence-corrected chi connectivity index (χ4v) is 2.77. The first-order valence-electron chi connectivity index (χ1n) is 6.30. The smallest absolute Gasteiger partial charge is 0.162 e. The molecule has 1 aromatic heterocycles. The summed E-state index contributed by atoms with van der Waals surface area (Å²) in [6, 6.07) is 5.77. The fourth-order valence-electron chi connectivity index (χ4n) is 1.91. The van der Waals surface area contributed by atoms with E-state index in [-0.39, 0.29) is 24.2 Å². The van der Waals surface area contributed by atoms with Gasteiger partial charge in [-0.1, -0.05) is 12.1 Å². The average Bonchev–Trinajstić information content (AvgIpc) is 2.87. The molecule has 108 valence electrons. The van der Waals surface area contributed by atoms with Crippen LogP contribution in [0.4, 0.5) is 8.78 Å². The van der Waals surface area contributed by atoms with Crippen molar-refractivity contribution in [2.75, 3.05) is 0 Å². The van der Waals surface area contributed by atoms with Crippen LogP contribution in [0.2, 0.25) is 0 Å². The minimum Gasteiger partial charge on any atom is -0.298 e. The number of hydrogen-bond acceptors (Lipinski definition) is 4. The van der Waals surface area contributed by atoms with Gasteiger partial charge >= 0.3 is 0 Å². The van der Waals surface area contributed by atoms with Gasteiger partial charge < -0.3 is 0 Å². The van der Waals surface area contributed by atoms with Crippen molar-refractivity contribution in [2.45, 2.75) is 25.7 Å². The lowest BCUT2D eigenvalue weighted by molar-refractivity contribution is -0.119. The second-order valence-corrected chi connectivity index (χ2v) is 5.46. The molecule has 1 aromatic carbocycles. The van der Waals surface area contributed by atoms with E-state index in [1.54, 1.807) is 12.3 Å². The summed E-state index contributed by atoms with van der Waals surface area (Å²) >= 11 is 1.25. The highest BCUT2D eigenvalue weighted by molar-refractivity contribution is 7.09. The number of aryl methyl sites for hydroxylation is 2. The van der Waals surface area contributed by atoms with Gasteiger partial charge in [0.25, 0.3) is 0 Å². The van der Waals surface area contributed by atoms with Gasteiger partial charge in [-0.2, -0.15) is 5.26 Å². The van der Waals surface area contributed by atoms with Crippen LogP contribution in [-0.4, -0.2) is 10.8 Å². The predicted molar refractivity (Wildman–Crippen MR) is 74.9 cm³/mol. The van der Waals surface area contributed by atoms with Gasteiger partial charge in [0.05, 0.1) is 6.07 Å². The average molecular weight is 306 g/mol. The highest BCUT2D eigenvalue weighted by atomic mass is 32.1. The highest BCUT2D eigenvalue weighted by Gasteiger charge is 2.23. The Morgan fingerprint density at radius 3 is 2.86 bits per heavy atom. The Hall–Kier alpha value is -2.13. The number of hydrogen-bond donors (Lipinski definition) is 0. The number of benzene rings is 1. The van der Waals surface area contributed by atoms with Crippen LogP contribution in [0.3, 0.4) is 0 Å². The molecule has 0 saturated carbocycles. The monoisotopic (exact) mass is 306 g/mol. The van der Waals surface area contributed by atoms with Crippen molar-refractivity contribution in [1.29, 1.82) is 5.26 Å². The number of ketones is 1. The van der Waals surface area contributed by atoms with E-state index in [2.05, 4.69) is 4.98 Å². The Balaban J connectivity index is 2.07. The Kier molecular flexibility index (Phi) is 4.76. The molecule has 6 heteroatoms. The zero-order valence-electron chi connectivity index (χ0n) is 11.3. The van der Waals surface area contributed by atoms with Gasteiger partial charge in [0.15, 0.2) is 23.3 Å². The summed E-state index contributed by atoms with van der Waals surface area (Å²) < 4.78 is 26.6. The van der Waals surface area contributed by atoms with E-state index < -0.39 is 17.6 Å². The molecule has 2 aromatic rings. The van der Waals surface area contributed by atoms with E-state index >= 15 is 0 Å². The van der Waals surface area contributed by atoms with Crippen LogP contribution in [0.25, 0.3) is 0 Å². The Bertz CT molecular complexity index is 706. The molecule has 0 fully saturated rings. The third-order valence-electron chi connectivity index (χ3n) is 3.01. The van der Waals surface area contributed by atoms with Crippen molar-refractivity contribution in [1.82, 2.24) is 4.98 Å². The molecule has 1 atom stereocenters. The zero-order valence-corrected chi connectivity index (χ0v) is 12.1. The van der Waals surface area contributed by atoms with Crippen molar-refractivity contribution in [3.8, 4) is 6.07 Å². The van der Waals surface area contributed by atoms with Gasteiger partial charge in [-0.05, 0) is 25.0 Å². The first-order valence-corrected chi connectivity index (χ1v) is 7.18. The molecule has 0 amide bonds. The summed E-state index contributed by atoms with van der Waals surface area (Å²) in [4.78, 5) is 16.2. The van der Waals surface area contributed by atoms with Gasteiger partial charge in [0.2, 0.25) is 0 Å². The molecule has 0 bridgehead atoms. The van der Waals surface area contributed by atoms with E-state index in [1.807, 2.05) is 6.07 Å². The molecular formula is C15H12F2N2OS. The minimum atomic E-state index is -0.944. The van der Waals surface area contributed by atoms with E-state index in [9.17, 15) is 13.6 Å². The molecule has 0 saturated heterocycles. The standard InChI is InChI=1S/C15H12F2N2OS/c1-9-8-21-15(19-9)11(7-18)13(20)6-5-10-3-2-4-12(16)14(10)17/h2-4,8,11H,5-6H2,1H3. The summed E-state index contributed by atoms with van der Waals surface area (Å²) in [5, 5.41) is 11.3. The predicted octanol–water partition coefficient (Wildman–Crippen LogP) is 3.54. The zero-order chi connectivity index (χ0) is 15.4. The van der Waals surface area contributed by atoms with Crippen molar-refractivity contribution in [3.05, 3.63) is 51.5 Å². The molecule has 0 aliphatic rings. The topological polar surface area (TPSA) is 53.8 Å². The molecule has 0 aliphatic carbocycles. The molecule has 1 heterocycles. The Labute approximate surface area is 124 Å². The fraction of sp³-hybridized carbons (Fsp3) is 0.267. The molecule has 0 aliphatic heterocycles. The van der Waals surface area contributed by atoms with E-state index in [4.69, 9.17) is 5.26 Å². The number of Topliss-reactive ketones (excluding diaryl/α,β-unsaturated/α-hetero) is 1. The summed E-state index contributed by atoms with van der Waals surface area (Å²) in [6.07, 6.45) is 0.0300. The lowest BCUT2D eigenvalue weighted by Crippen LogP contribution is -2.12. The van der Waals surface area contributed by atoms with Gasteiger partial charge in [-0.15, -0.1) is 11.3 Å². The van der Waals surface area contributed by atoms with Crippen LogP contribution < -0.4 is 0 Å². The molecule has 21 heavy (non-hydrogen) atoms. The van der Waals surface area contributed by atoms with Crippen molar-refractivity contribution in [2.24, 2.45) is 0 Å². The van der Waals surface area contributed by atoms with Gasteiger partial charge in [0.1, 0.15) is 5.01 Å². The normalized spacial score (nSPS) is 11.9. The van der Waals surface area contributed by atoms with Gasteiger partial charge in [0, 0.05) is 17.5 Å². The molecule has 0 spiro atoms. The Morgan fingerprint density at radius 2 is 2.24 bits per heavy atom. The number of nitriles is 1. The maximum absolute atomic E-state index is 13.5. The second-order valence-electron chi connectivity index (χ2n) is 4.57. The SMILES string of the molecule is Cc1csc(C(C#N)C(=O)CCc2cccc(F)c2F)n1. The van der Waals surface area contributed by atoms with Crippen molar-refractivity contribution in [3.63, 3.8) is 0 Å². The first-order chi connectivity index (χ1) is 10.0. The Morgan fingerprint density at radius 1 is 1.48 bits per heavy atom. The molecule has 1 unspecified atom stereocenters. The van der Waals surface area contributed by atoms with E-state index in [1.165, 1.54) is 23.5 Å². The quantitative estimate of drug-likeness (QED) is 0.849. The van der Waals surface area contributed by atoms with Crippen LogP contribution in [-0.2, 0) is 11.2 Å². The summed E-state index contributed by atoms with van der Waals surface area (Å²) in [5.41, 5.74) is 0.884. The molecular weight excluding hydrogens is 294 g/mol. The number of nitrogens with zero attached hydrogens (tertiary/aromatic N) is 2. The van der Waals surface area contributed by atoms with Gasteiger partial charge in [-0.3, -0.25) is 4.79 Å². The number of thiazole rings is 1. The highest BCUT2D eigenvalue weighted by Crippen LogP contribution is 2.23. The number of halogens is 2. The molecule has 2 rings (SSSR count). The van der Waals surface area contributed by atoms with Crippen LogP contribution in [0.1, 0.15) is 28.6 Å². The van der Waals surface area contributed by atoms with E-state index in [0.29, 0.717) is 5.01 Å². The summed E-state index contributed by atoms with van der Waals surface area (Å²) in [6.45, 7) is 1.78. The first kappa shape index (κ1) is 15.3. The minimum absolute atomic E-state index is 0.0305. The summed E-state index contributed by atoms with van der Waals surface area (Å²) in [7, 11) is 0. The lowest BCUT2D eigenvalue weighted by atomic mass is 9.99. The lowest BCUT2D eigenvalue weighted by Gasteiger charge is -2.06. The van der Waals surface area contributed by atoms with Crippen molar-refractivity contribution < 1.29 is 13.6 Å². The van der Waals surface area contributed by atoms with Crippen LogP contribution in [0.15, 0.2) is 23.6 Å². The number of rotatable bonds is 5.